The second-order valence-electron chi connectivity index (χ2n) is 9.95. The molecule has 0 aliphatic carbocycles. The number of nitrogens with one attached hydrogen (secondary N) is 2. The number of aromatic amines is 1. The first kappa shape index (κ1) is 26.6. The molecule has 11 heteroatoms. The summed E-state index contributed by atoms with van der Waals surface area (Å²) >= 11 is 0. The minimum absolute atomic E-state index is 0.398. The van der Waals surface area contributed by atoms with Crippen LogP contribution in [0.5, 0.6) is 0 Å². The van der Waals surface area contributed by atoms with Gasteiger partial charge in [-0.1, -0.05) is 5.92 Å². The number of rotatable bonds is 3. The summed E-state index contributed by atoms with van der Waals surface area (Å²) in [5, 5.41) is 4.89. The fraction of sp³-hybridized carbons (Fsp3) is 0.172. The molecule has 3 aromatic heterocycles. The van der Waals surface area contributed by atoms with E-state index in [1.807, 2.05) is 12.1 Å². The molecule has 0 saturated carbocycles. The Labute approximate surface area is 230 Å². The summed E-state index contributed by atoms with van der Waals surface area (Å²) in [5.74, 6) is 6.23. The molecule has 0 radical (unpaired) electrons. The summed E-state index contributed by atoms with van der Waals surface area (Å²) in [7, 11) is -2.99. The number of pyridine rings is 2. The molecule has 0 aliphatic rings. The number of amides is 1. The molecule has 5 aromatic rings. The summed E-state index contributed by atoms with van der Waals surface area (Å²) < 4.78 is 27.0. The third kappa shape index (κ3) is 6.19. The van der Waals surface area contributed by atoms with Crippen LogP contribution in [-0.2, 0) is 14.5 Å². The number of aromatic nitrogens is 3. The van der Waals surface area contributed by atoms with E-state index in [9.17, 15) is 13.8 Å². The Bertz CT molecular complexity index is 2000. The molecule has 1 unspecified atom stereocenters. The van der Waals surface area contributed by atoms with Crippen LogP contribution in [0.15, 0.2) is 85.5 Å². The lowest BCUT2D eigenvalue weighted by atomic mass is 10.1. The van der Waals surface area contributed by atoms with Crippen molar-refractivity contribution >= 4 is 49.2 Å². The quantitative estimate of drug-likeness (QED) is 0.274. The summed E-state index contributed by atoms with van der Waals surface area (Å²) in [6.45, 7) is 5.16. The van der Waals surface area contributed by atoms with Crippen LogP contribution < -0.4 is 11.1 Å². The van der Waals surface area contributed by atoms with E-state index >= 15 is 0 Å². The highest BCUT2D eigenvalue weighted by atomic mass is 32.2. The molecule has 0 aliphatic heterocycles. The van der Waals surface area contributed by atoms with E-state index in [2.05, 4.69) is 36.5 Å². The largest absolute Gasteiger partial charge is 0.442 e. The number of anilines is 2. The lowest BCUT2D eigenvalue weighted by molar-refractivity contribution is 0.0607. The van der Waals surface area contributed by atoms with E-state index in [-0.39, 0.29) is 0 Å². The van der Waals surface area contributed by atoms with Crippen molar-refractivity contribution in [1.82, 2.24) is 15.0 Å². The monoisotopic (exact) mass is 555 g/mol. The van der Waals surface area contributed by atoms with E-state index in [0.29, 0.717) is 38.8 Å². The molecule has 202 valence electrons. The summed E-state index contributed by atoms with van der Waals surface area (Å²) in [5.41, 5.74) is 2.26. The van der Waals surface area contributed by atoms with Crippen LogP contribution in [-0.4, -0.2) is 37.1 Å². The molecule has 3 heterocycles. The van der Waals surface area contributed by atoms with Gasteiger partial charge < -0.3 is 14.5 Å². The van der Waals surface area contributed by atoms with E-state index in [4.69, 9.17) is 9.15 Å². The van der Waals surface area contributed by atoms with Crippen LogP contribution in [0.25, 0.3) is 21.9 Å². The molecule has 10 nitrogen and oxygen atoms in total. The smallest absolute Gasteiger partial charge is 0.442 e. The third-order valence-electron chi connectivity index (χ3n) is 5.60. The number of fused-ring (bicyclic) bond motifs is 2. The van der Waals surface area contributed by atoms with Gasteiger partial charge in [0.05, 0.1) is 15.2 Å². The van der Waals surface area contributed by atoms with Gasteiger partial charge in [0, 0.05) is 45.6 Å². The number of nitrogens with zero attached hydrogens (tertiary/aromatic N) is 3. The van der Waals surface area contributed by atoms with Gasteiger partial charge in [-0.25, -0.2) is 23.8 Å². The molecular weight excluding hydrogens is 530 g/mol. The Hall–Kier alpha value is -4.95. The molecule has 2 aromatic carbocycles. The molecule has 0 bridgehead atoms. The van der Waals surface area contributed by atoms with Crippen molar-refractivity contribution < 1.29 is 18.2 Å². The number of oxazole rings is 1. The Morgan fingerprint density at radius 2 is 1.85 bits per heavy atom. The molecule has 1 atom stereocenters. The summed E-state index contributed by atoms with van der Waals surface area (Å²) in [6, 6.07) is 15.6. The molecule has 0 fully saturated rings. The van der Waals surface area contributed by atoms with Crippen molar-refractivity contribution in [2.75, 3.05) is 11.6 Å². The Balaban J connectivity index is 1.38. The number of hydrogen-bond acceptors (Lipinski definition) is 8. The fourth-order valence-electron chi connectivity index (χ4n) is 3.81. The first-order valence-electron chi connectivity index (χ1n) is 12.2. The minimum Gasteiger partial charge on any atom is -0.442 e. The molecule has 40 heavy (non-hydrogen) atoms. The van der Waals surface area contributed by atoms with Crippen molar-refractivity contribution in [1.29, 1.82) is 0 Å². The molecule has 5 rings (SSSR count). The van der Waals surface area contributed by atoms with E-state index < -0.39 is 27.2 Å². The van der Waals surface area contributed by atoms with Crippen LogP contribution in [0, 0.1) is 11.8 Å². The average molecular weight is 556 g/mol. The van der Waals surface area contributed by atoms with Crippen molar-refractivity contribution in [3.63, 3.8) is 0 Å². The number of H-pyrrole nitrogens is 1. The molecular formula is C29H25N5O5S. The second kappa shape index (κ2) is 10.3. The first-order chi connectivity index (χ1) is 18.9. The van der Waals surface area contributed by atoms with Gasteiger partial charge in [-0.05, 0) is 81.3 Å². The molecule has 0 saturated heterocycles. The maximum atomic E-state index is 13.0. The zero-order valence-electron chi connectivity index (χ0n) is 22.1. The van der Waals surface area contributed by atoms with Gasteiger partial charge in [0.15, 0.2) is 5.58 Å². The highest BCUT2D eigenvalue weighted by Crippen LogP contribution is 2.23. The van der Waals surface area contributed by atoms with E-state index in [1.54, 1.807) is 75.6 Å². The first-order valence-corrected chi connectivity index (χ1v) is 14.1. The van der Waals surface area contributed by atoms with Gasteiger partial charge in [-0.2, -0.15) is 0 Å². The van der Waals surface area contributed by atoms with Crippen LogP contribution >= 0.6 is 0 Å². The topological polar surface area (TPSA) is 140 Å². The van der Waals surface area contributed by atoms with Crippen molar-refractivity contribution in [2.24, 2.45) is 4.36 Å². The zero-order chi connectivity index (χ0) is 28.5. The summed E-state index contributed by atoms with van der Waals surface area (Å²) in [6.07, 6.45) is 3.92. The molecule has 0 spiro atoms. The number of hydrogen-bond donors (Lipinski definition) is 2. The number of ether oxygens (including phenoxy) is 1. The minimum atomic E-state index is -2.99. The van der Waals surface area contributed by atoms with Gasteiger partial charge in [-0.3, -0.25) is 4.98 Å². The third-order valence-corrected chi connectivity index (χ3v) is 7.24. The lowest BCUT2D eigenvalue weighted by Crippen LogP contribution is -2.22. The van der Waals surface area contributed by atoms with E-state index in [0.717, 1.165) is 10.8 Å². The van der Waals surface area contributed by atoms with Gasteiger partial charge in [0.1, 0.15) is 17.1 Å². The zero-order valence-corrected chi connectivity index (χ0v) is 23.0. The van der Waals surface area contributed by atoms with E-state index in [1.165, 1.54) is 6.26 Å². The standard InChI is InChI=1S/C29H25N5O5S/c1-29(2,3)39-28(36)34-40(4,37)21-9-7-20(8-10-21)32-26-16-22-19(17-31-26)13-14-30-23(22)11-5-18-6-12-25-24(15-18)33-27(35)38-25/h6-10,12-17H,1-4H3,(H,31,32)(H,33,35). The molecule has 2 N–H and O–H groups in total. The van der Waals surface area contributed by atoms with Gasteiger partial charge in [-0.15, -0.1) is 4.36 Å². The van der Waals surface area contributed by atoms with Crippen molar-refractivity contribution in [3.8, 4) is 11.8 Å². The maximum absolute atomic E-state index is 13.0. The molecule has 1 amide bonds. The normalized spacial score (nSPS) is 12.8. The number of carbonyl (C=O) groups is 1. The van der Waals surface area contributed by atoms with Crippen LogP contribution in [0.1, 0.15) is 32.0 Å². The van der Waals surface area contributed by atoms with Crippen molar-refractivity contribution in [3.05, 3.63) is 88.8 Å². The van der Waals surface area contributed by atoms with Crippen LogP contribution in [0.3, 0.4) is 0 Å². The highest BCUT2D eigenvalue weighted by Gasteiger charge is 2.18. The highest BCUT2D eigenvalue weighted by molar-refractivity contribution is 7.93. The predicted molar refractivity (Wildman–Crippen MR) is 153 cm³/mol. The van der Waals surface area contributed by atoms with Gasteiger partial charge >= 0.3 is 11.8 Å². The van der Waals surface area contributed by atoms with Crippen LogP contribution in [0.2, 0.25) is 0 Å². The maximum Gasteiger partial charge on any atom is 0.442 e. The van der Waals surface area contributed by atoms with Gasteiger partial charge in [0.2, 0.25) is 0 Å². The average Bonchev–Trinajstić information content (AvgIpc) is 3.25. The summed E-state index contributed by atoms with van der Waals surface area (Å²) in [4.78, 5) is 35.4. The Kier molecular flexibility index (Phi) is 6.87. The fourth-order valence-corrected chi connectivity index (χ4v) is 4.88. The Morgan fingerprint density at radius 3 is 2.60 bits per heavy atom. The SMILES string of the molecule is CC(C)(C)OC(=O)N=S(C)(=O)c1ccc(Nc2cc3c(C#Cc4ccc5oc(=O)[nH]c5c4)nccc3cn2)cc1. The number of carbonyl (C=O) groups excluding carboxylic acids is 1. The van der Waals surface area contributed by atoms with Gasteiger partial charge in [0.25, 0.3) is 0 Å². The lowest BCUT2D eigenvalue weighted by Gasteiger charge is -2.17. The Morgan fingerprint density at radius 1 is 1.07 bits per heavy atom. The predicted octanol–water partition coefficient (Wildman–Crippen LogP) is 5.60. The second-order valence-corrected chi connectivity index (χ2v) is 12.2. The number of benzene rings is 2. The van der Waals surface area contributed by atoms with Crippen molar-refractivity contribution in [2.45, 2.75) is 31.3 Å². The van der Waals surface area contributed by atoms with Crippen LogP contribution in [0.4, 0.5) is 16.3 Å².